The molecule has 1 heterocycles. The summed E-state index contributed by atoms with van der Waals surface area (Å²) in [6.07, 6.45) is 3.42. The normalized spacial score (nSPS) is 10.7. The van der Waals surface area contributed by atoms with Gasteiger partial charge in [-0.05, 0) is 17.7 Å². The molecule has 0 bridgehead atoms. The molecule has 0 amide bonds. The van der Waals surface area contributed by atoms with Gasteiger partial charge in [0.25, 0.3) is 0 Å². The Bertz CT molecular complexity index is 494. The number of rotatable bonds is 3. The van der Waals surface area contributed by atoms with E-state index in [1.165, 1.54) is 12.1 Å². The Balaban J connectivity index is 2.23. The summed E-state index contributed by atoms with van der Waals surface area (Å²) >= 11 is 0. The van der Waals surface area contributed by atoms with Gasteiger partial charge in [0, 0.05) is 24.5 Å². The van der Waals surface area contributed by atoms with Gasteiger partial charge >= 0.3 is 0 Å². The largest absolute Gasteiger partial charge is 0.392 e. The van der Waals surface area contributed by atoms with Crippen molar-refractivity contribution in [3.8, 4) is 0 Å². The highest BCUT2D eigenvalue weighted by Gasteiger charge is 2.07. The summed E-state index contributed by atoms with van der Waals surface area (Å²) in [4.78, 5) is 0. The standard InChI is InChI=1S/C12H11F2NO/c13-11-3-1-2-10(12(11)14)7-15-5-4-9(6-15)8-16/h1-6,16H,7-8H2. The zero-order valence-corrected chi connectivity index (χ0v) is 8.53. The van der Waals surface area contributed by atoms with Crippen LogP contribution in [0.3, 0.4) is 0 Å². The molecule has 4 heteroatoms. The molecule has 1 N–H and O–H groups in total. The summed E-state index contributed by atoms with van der Waals surface area (Å²) in [5, 5.41) is 8.87. The van der Waals surface area contributed by atoms with Crippen LogP contribution in [-0.4, -0.2) is 9.67 Å². The van der Waals surface area contributed by atoms with E-state index < -0.39 is 11.6 Å². The lowest BCUT2D eigenvalue weighted by molar-refractivity contribution is 0.281. The van der Waals surface area contributed by atoms with Crippen LogP contribution >= 0.6 is 0 Å². The zero-order chi connectivity index (χ0) is 11.5. The highest BCUT2D eigenvalue weighted by atomic mass is 19.2. The molecule has 2 aromatic rings. The molecule has 0 radical (unpaired) electrons. The Hall–Kier alpha value is -1.68. The lowest BCUT2D eigenvalue weighted by Crippen LogP contribution is -2.01. The van der Waals surface area contributed by atoms with Crippen molar-refractivity contribution >= 4 is 0 Å². The highest BCUT2D eigenvalue weighted by Crippen LogP contribution is 2.13. The van der Waals surface area contributed by atoms with Crippen LogP contribution in [0.2, 0.25) is 0 Å². The van der Waals surface area contributed by atoms with E-state index >= 15 is 0 Å². The molecule has 1 aromatic carbocycles. The Morgan fingerprint density at radius 1 is 1.19 bits per heavy atom. The van der Waals surface area contributed by atoms with Crippen molar-refractivity contribution in [2.24, 2.45) is 0 Å². The smallest absolute Gasteiger partial charge is 0.163 e. The van der Waals surface area contributed by atoms with Gasteiger partial charge in [-0.15, -0.1) is 0 Å². The van der Waals surface area contributed by atoms with Crippen molar-refractivity contribution in [3.63, 3.8) is 0 Å². The van der Waals surface area contributed by atoms with Crippen molar-refractivity contribution in [1.82, 2.24) is 4.57 Å². The van der Waals surface area contributed by atoms with Gasteiger partial charge in [-0.2, -0.15) is 0 Å². The summed E-state index contributed by atoms with van der Waals surface area (Å²) in [5.41, 5.74) is 1.04. The minimum absolute atomic E-state index is 0.0569. The van der Waals surface area contributed by atoms with Crippen molar-refractivity contribution in [2.75, 3.05) is 0 Å². The van der Waals surface area contributed by atoms with E-state index in [4.69, 9.17) is 5.11 Å². The van der Waals surface area contributed by atoms with E-state index in [1.807, 2.05) is 0 Å². The van der Waals surface area contributed by atoms with E-state index in [1.54, 1.807) is 23.0 Å². The van der Waals surface area contributed by atoms with Crippen LogP contribution in [0.15, 0.2) is 36.7 Å². The molecule has 0 spiro atoms. The second-order valence-electron chi connectivity index (χ2n) is 3.56. The lowest BCUT2D eigenvalue weighted by Gasteiger charge is -2.05. The van der Waals surface area contributed by atoms with Crippen LogP contribution < -0.4 is 0 Å². The summed E-state index contributed by atoms with van der Waals surface area (Å²) in [7, 11) is 0. The second kappa shape index (κ2) is 4.45. The van der Waals surface area contributed by atoms with E-state index in [2.05, 4.69) is 0 Å². The first-order valence-corrected chi connectivity index (χ1v) is 4.89. The van der Waals surface area contributed by atoms with Gasteiger partial charge in [-0.25, -0.2) is 8.78 Å². The number of aromatic nitrogens is 1. The topological polar surface area (TPSA) is 25.2 Å². The van der Waals surface area contributed by atoms with Gasteiger partial charge < -0.3 is 9.67 Å². The van der Waals surface area contributed by atoms with Crippen LogP contribution in [-0.2, 0) is 13.2 Å². The van der Waals surface area contributed by atoms with Crippen LogP contribution in [0.5, 0.6) is 0 Å². The molecule has 2 rings (SSSR count). The van der Waals surface area contributed by atoms with Gasteiger partial charge in [0.15, 0.2) is 11.6 Å². The van der Waals surface area contributed by atoms with Crippen molar-refractivity contribution in [3.05, 3.63) is 59.4 Å². The number of hydrogen-bond acceptors (Lipinski definition) is 1. The van der Waals surface area contributed by atoms with Gasteiger partial charge in [-0.1, -0.05) is 12.1 Å². The summed E-state index contributed by atoms with van der Waals surface area (Å²) in [5.74, 6) is -1.66. The number of hydrogen-bond donors (Lipinski definition) is 1. The number of nitrogens with zero attached hydrogens (tertiary/aromatic N) is 1. The third-order valence-corrected chi connectivity index (χ3v) is 2.38. The first-order chi connectivity index (χ1) is 7.70. The molecule has 84 valence electrons. The fourth-order valence-corrected chi connectivity index (χ4v) is 1.55. The maximum absolute atomic E-state index is 13.3. The number of benzene rings is 1. The predicted molar refractivity (Wildman–Crippen MR) is 55.8 cm³/mol. The third-order valence-electron chi connectivity index (χ3n) is 2.38. The quantitative estimate of drug-likeness (QED) is 0.848. The molecule has 0 unspecified atom stereocenters. The molecule has 2 nitrogen and oxygen atoms in total. The lowest BCUT2D eigenvalue weighted by atomic mass is 10.2. The molecule has 0 saturated heterocycles. The highest BCUT2D eigenvalue weighted by molar-refractivity contribution is 5.20. The van der Waals surface area contributed by atoms with Crippen molar-refractivity contribution in [1.29, 1.82) is 0 Å². The van der Waals surface area contributed by atoms with Crippen molar-refractivity contribution in [2.45, 2.75) is 13.2 Å². The van der Waals surface area contributed by atoms with Gasteiger partial charge in [0.1, 0.15) is 0 Å². The first-order valence-electron chi connectivity index (χ1n) is 4.89. The predicted octanol–water partition coefficient (Wildman–Crippen LogP) is 2.31. The molecule has 0 aliphatic carbocycles. The summed E-state index contributed by atoms with van der Waals surface area (Å²) in [6, 6.07) is 5.84. The number of halogens is 2. The summed E-state index contributed by atoms with van der Waals surface area (Å²) < 4.78 is 28.0. The Kier molecular flexibility index (Phi) is 3.01. The Labute approximate surface area is 91.8 Å². The Morgan fingerprint density at radius 2 is 2.00 bits per heavy atom. The minimum Gasteiger partial charge on any atom is -0.392 e. The van der Waals surface area contributed by atoms with Crippen molar-refractivity contribution < 1.29 is 13.9 Å². The maximum Gasteiger partial charge on any atom is 0.163 e. The molecule has 1 aromatic heterocycles. The molecule has 0 atom stereocenters. The fourth-order valence-electron chi connectivity index (χ4n) is 1.55. The van der Waals surface area contributed by atoms with Gasteiger partial charge in [0.05, 0.1) is 6.61 Å². The van der Waals surface area contributed by atoms with E-state index in [0.29, 0.717) is 5.56 Å². The molecule has 0 aliphatic heterocycles. The first kappa shape index (κ1) is 10.8. The number of aliphatic hydroxyl groups excluding tert-OH is 1. The molecule has 0 aliphatic rings. The average molecular weight is 223 g/mol. The van der Waals surface area contributed by atoms with Crippen LogP contribution in [0.1, 0.15) is 11.1 Å². The summed E-state index contributed by atoms with van der Waals surface area (Å²) in [6.45, 7) is 0.197. The third kappa shape index (κ3) is 2.12. The molecule has 0 saturated carbocycles. The van der Waals surface area contributed by atoms with Crippen LogP contribution in [0.4, 0.5) is 8.78 Å². The molecule has 0 fully saturated rings. The van der Waals surface area contributed by atoms with Gasteiger partial charge in [-0.3, -0.25) is 0 Å². The number of aliphatic hydroxyl groups is 1. The van der Waals surface area contributed by atoms with Gasteiger partial charge in [0.2, 0.25) is 0 Å². The van der Waals surface area contributed by atoms with Crippen LogP contribution in [0, 0.1) is 11.6 Å². The van der Waals surface area contributed by atoms with E-state index in [-0.39, 0.29) is 13.2 Å². The van der Waals surface area contributed by atoms with E-state index in [9.17, 15) is 8.78 Å². The maximum atomic E-state index is 13.3. The monoisotopic (exact) mass is 223 g/mol. The minimum atomic E-state index is -0.841. The molecular weight excluding hydrogens is 212 g/mol. The van der Waals surface area contributed by atoms with Crippen LogP contribution in [0.25, 0.3) is 0 Å². The van der Waals surface area contributed by atoms with E-state index in [0.717, 1.165) is 11.6 Å². The fraction of sp³-hybridized carbons (Fsp3) is 0.167. The zero-order valence-electron chi connectivity index (χ0n) is 8.53. The average Bonchev–Trinajstić information content (AvgIpc) is 2.73. The molecular formula is C12H11F2NO. The molecule has 16 heavy (non-hydrogen) atoms. The second-order valence-corrected chi connectivity index (χ2v) is 3.56. The SMILES string of the molecule is OCc1ccn(Cc2cccc(F)c2F)c1. The Morgan fingerprint density at radius 3 is 2.69 bits per heavy atom.